The number of carbonyl (C=O) groups is 3. The molecule has 1 aliphatic rings. The molecular weight excluding hydrogens is 406 g/mol. The standard InChI is InChI=1S/C25H33N3O4/c1-6-7-9-17(23(31)27-16-10-8-11-19(29)14(16)2)28-24(32)22-15(3)21-18(26-22)12-25(4,5)13-20(21)30/h8,10-11,17,26,29H,6-7,9,12-13H2,1-5H3,(H,27,31)(H,28,32). The summed E-state index contributed by atoms with van der Waals surface area (Å²) in [5.41, 5.74) is 3.29. The van der Waals surface area contributed by atoms with Gasteiger partial charge in [0.05, 0.1) is 0 Å². The maximum absolute atomic E-state index is 13.1. The number of hydrogen-bond donors (Lipinski definition) is 4. The maximum Gasteiger partial charge on any atom is 0.268 e. The molecule has 0 bridgehead atoms. The van der Waals surface area contributed by atoms with Crippen LogP contribution >= 0.6 is 0 Å². The summed E-state index contributed by atoms with van der Waals surface area (Å²) in [6.07, 6.45) is 3.27. The van der Waals surface area contributed by atoms with Crippen LogP contribution in [0.1, 0.15) is 84.1 Å². The van der Waals surface area contributed by atoms with E-state index in [1.165, 1.54) is 0 Å². The quantitative estimate of drug-likeness (QED) is 0.512. The molecule has 0 spiro atoms. The Kier molecular flexibility index (Phi) is 6.77. The molecule has 0 saturated heterocycles. The van der Waals surface area contributed by atoms with E-state index in [9.17, 15) is 19.5 Å². The number of phenolic OH excluding ortho intramolecular Hbond substituents is 1. The SMILES string of the molecule is CCCCC(NC(=O)c1[nH]c2c(c1C)C(=O)CC(C)(C)C2)C(=O)Nc1cccc(O)c1C. The third-order valence-corrected chi connectivity index (χ3v) is 6.16. The van der Waals surface area contributed by atoms with E-state index < -0.39 is 11.9 Å². The number of aromatic nitrogens is 1. The van der Waals surface area contributed by atoms with E-state index >= 15 is 0 Å². The van der Waals surface area contributed by atoms with Crippen molar-refractivity contribution in [2.45, 2.75) is 72.8 Å². The van der Waals surface area contributed by atoms with Crippen molar-refractivity contribution in [2.75, 3.05) is 5.32 Å². The number of phenols is 1. The van der Waals surface area contributed by atoms with Crippen molar-refractivity contribution >= 4 is 23.3 Å². The summed E-state index contributed by atoms with van der Waals surface area (Å²) in [5.74, 6) is -0.598. The fourth-order valence-corrected chi connectivity index (χ4v) is 4.35. The summed E-state index contributed by atoms with van der Waals surface area (Å²) >= 11 is 0. The van der Waals surface area contributed by atoms with Gasteiger partial charge in [-0.15, -0.1) is 0 Å². The number of fused-ring (bicyclic) bond motifs is 1. The number of anilines is 1. The highest BCUT2D eigenvalue weighted by Crippen LogP contribution is 2.36. The van der Waals surface area contributed by atoms with Crippen molar-refractivity contribution in [3.05, 3.63) is 46.3 Å². The van der Waals surface area contributed by atoms with E-state index in [4.69, 9.17) is 0 Å². The monoisotopic (exact) mass is 439 g/mol. The molecule has 3 rings (SSSR count). The Morgan fingerprint density at radius 1 is 1.19 bits per heavy atom. The first-order valence-electron chi connectivity index (χ1n) is 11.2. The van der Waals surface area contributed by atoms with E-state index in [0.717, 1.165) is 18.5 Å². The molecule has 0 saturated carbocycles. The molecule has 2 aromatic rings. The minimum Gasteiger partial charge on any atom is -0.508 e. The molecule has 1 unspecified atom stereocenters. The third-order valence-electron chi connectivity index (χ3n) is 6.16. The fourth-order valence-electron chi connectivity index (χ4n) is 4.35. The molecule has 7 nitrogen and oxygen atoms in total. The van der Waals surface area contributed by atoms with Crippen LogP contribution in [-0.2, 0) is 11.2 Å². The van der Waals surface area contributed by atoms with Gasteiger partial charge in [-0.2, -0.15) is 0 Å². The zero-order valence-electron chi connectivity index (χ0n) is 19.5. The van der Waals surface area contributed by atoms with Crippen LogP contribution in [0.2, 0.25) is 0 Å². The number of carbonyl (C=O) groups excluding carboxylic acids is 3. The zero-order valence-corrected chi connectivity index (χ0v) is 19.5. The predicted molar refractivity (Wildman–Crippen MR) is 124 cm³/mol. The van der Waals surface area contributed by atoms with Crippen LogP contribution in [0.4, 0.5) is 5.69 Å². The number of benzene rings is 1. The van der Waals surface area contributed by atoms with Crippen LogP contribution in [0.5, 0.6) is 5.75 Å². The van der Waals surface area contributed by atoms with Crippen molar-refractivity contribution in [2.24, 2.45) is 5.41 Å². The van der Waals surface area contributed by atoms with Crippen LogP contribution in [-0.4, -0.2) is 33.7 Å². The Morgan fingerprint density at radius 2 is 1.91 bits per heavy atom. The Bertz CT molecular complexity index is 1050. The lowest BCUT2D eigenvalue weighted by Gasteiger charge is -2.28. The molecule has 0 aliphatic heterocycles. The zero-order chi connectivity index (χ0) is 23.6. The van der Waals surface area contributed by atoms with Gasteiger partial charge in [0.1, 0.15) is 17.5 Å². The van der Waals surface area contributed by atoms with E-state index in [0.29, 0.717) is 47.3 Å². The second-order valence-electron chi connectivity index (χ2n) is 9.53. The number of rotatable bonds is 7. The second kappa shape index (κ2) is 9.18. The van der Waals surface area contributed by atoms with Crippen molar-refractivity contribution in [1.29, 1.82) is 0 Å². The smallest absolute Gasteiger partial charge is 0.268 e. The number of unbranched alkanes of at least 4 members (excludes halogenated alkanes) is 1. The normalized spacial score (nSPS) is 15.7. The van der Waals surface area contributed by atoms with Gasteiger partial charge in [-0.05, 0) is 49.8 Å². The fraction of sp³-hybridized carbons (Fsp3) is 0.480. The molecule has 0 fully saturated rings. The Balaban J connectivity index is 1.82. The number of aromatic hydroxyl groups is 1. The minimum atomic E-state index is -0.740. The van der Waals surface area contributed by atoms with Crippen molar-refractivity contribution in [3.8, 4) is 5.75 Å². The van der Waals surface area contributed by atoms with Gasteiger partial charge in [-0.3, -0.25) is 14.4 Å². The van der Waals surface area contributed by atoms with Gasteiger partial charge in [-0.1, -0.05) is 39.7 Å². The molecule has 1 aromatic heterocycles. The lowest BCUT2D eigenvalue weighted by Crippen LogP contribution is -2.44. The number of aromatic amines is 1. The van der Waals surface area contributed by atoms with Crippen molar-refractivity contribution in [3.63, 3.8) is 0 Å². The molecule has 7 heteroatoms. The van der Waals surface area contributed by atoms with Crippen molar-refractivity contribution < 1.29 is 19.5 Å². The molecule has 0 radical (unpaired) electrons. The largest absolute Gasteiger partial charge is 0.508 e. The number of amides is 2. The van der Waals surface area contributed by atoms with Crippen LogP contribution in [0.3, 0.4) is 0 Å². The summed E-state index contributed by atoms with van der Waals surface area (Å²) in [4.78, 5) is 41.9. The maximum atomic E-state index is 13.1. The van der Waals surface area contributed by atoms with Gasteiger partial charge in [-0.25, -0.2) is 0 Å². The number of hydrogen-bond acceptors (Lipinski definition) is 4. The van der Waals surface area contributed by atoms with Crippen LogP contribution < -0.4 is 10.6 Å². The topological polar surface area (TPSA) is 111 Å². The van der Waals surface area contributed by atoms with Crippen molar-refractivity contribution in [1.82, 2.24) is 10.3 Å². The van der Waals surface area contributed by atoms with E-state index in [2.05, 4.69) is 15.6 Å². The summed E-state index contributed by atoms with van der Waals surface area (Å²) < 4.78 is 0. The van der Waals surface area contributed by atoms with Gasteiger partial charge >= 0.3 is 0 Å². The number of H-pyrrole nitrogens is 1. The summed E-state index contributed by atoms with van der Waals surface area (Å²) in [7, 11) is 0. The van der Waals surface area contributed by atoms with Gasteiger partial charge in [0.2, 0.25) is 5.91 Å². The van der Waals surface area contributed by atoms with E-state index in [1.54, 1.807) is 32.0 Å². The summed E-state index contributed by atoms with van der Waals surface area (Å²) in [6.45, 7) is 9.59. The van der Waals surface area contributed by atoms with Gasteiger partial charge in [0.25, 0.3) is 5.91 Å². The Morgan fingerprint density at radius 3 is 2.59 bits per heavy atom. The lowest BCUT2D eigenvalue weighted by atomic mass is 9.75. The van der Waals surface area contributed by atoms with Gasteiger partial charge < -0.3 is 20.7 Å². The van der Waals surface area contributed by atoms with E-state index in [1.807, 2.05) is 20.8 Å². The average Bonchev–Trinajstić information content (AvgIpc) is 3.03. The van der Waals surface area contributed by atoms with Crippen LogP contribution in [0.25, 0.3) is 0 Å². The molecule has 1 aliphatic carbocycles. The Labute approximate surface area is 189 Å². The molecule has 1 atom stereocenters. The predicted octanol–water partition coefficient (Wildman–Crippen LogP) is 4.42. The van der Waals surface area contributed by atoms with Gasteiger partial charge in [0, 0.05) is 28.9 Å². The first-order chi connectivity index (χ1) is 15.0. The minimum absolute atomic E-state index is 0.0451. The number of ketones is 1. The molecule has 1 aromatic carbocycles. The molecule has 4 N–H and O–H groups in total. The first-order valence-corrected chi connectivity index (χ1v) is 11.2. The number of Topliss-reactive ketones (excluding diaryl/α,β-unsaturated/α-hetero) is 1. The lowest BCUT2D eigenvalue weighted by molar-refractivity contribution is -0.118. The highest BCUT2D eigenvalue weighted by molar-refractivity contribution is 6.06. The highest BCUT2D eigenvalue weighted by atomic mass is 16.3. The molecule has 32 heavy (non-hydrogen) atoms. The highest BCUT2D eigenvalue weighted by Gasteiger charge is 2.35. The molecule has 172 valence electrons. The van der Waals surface area contributed by atoms with Gasteiger partial charge in [0.15, 0.2) is 5.78 Å². The molecular formula is C25H33N3O4. The van der Waals surface area contributed by atoms with E-state index in [-0.39, 0.29) is 22.9 Å². The average molecular weight is 440 g/mol. The summed E-state index contributed by atoms with van der Waals surface area (Å²) in [6, 6.07) is 4.18. The number of nitrogens with one attached hydrogen (secondary N) is 3. The Hall–Kier alpha value is -3.09. The molecule has 2 amide bonds. The molecule has 1 heterocycles. The van der Waals surface area contributed by atoms with Crippen LogP contribution in [0.15, 0.2) is 18.2 Å². The second-order valence-corrected chi connectivity index (χ2v) is 9.53. The van der Waals surface area contributed by atoms with Crippen LogP contribution in [0, 0.1) is 19.3 Å². The summed E-state index contributed by atoms with van der Waals surface area (Å²) in [5, 5.41) is 15.6. The third kappa shape index (κ3) is 4.87. The first kappa shape index (κ1) is 23.6.